The fourth-order valence-corrected chi connectivity index (χ4v) is 3.85. The van der Waals surface area contributed by atoms with Crippen molar-refractivity contribution in [1.82, 2.24) is 10.2 Å². The van der Waals surface area contributed by atoms with E-state index in [1.807, 2.05) is 18.2 Å². The van der Waals surface area contributed by atoms with Gasteiger partial charge in [0.25, 0.3) is 0 Å². The zero-order valence-electron chi connectivity index (χ0n) is 19.5. The molecule has 0 aliphatic carbocycles. The zero-order valence-corrected chi connectivity index (χ0v) is 21.8. The average Bonchev–Trinajstić information content (AvgIpc) is 2.82. The Morgan fingerprint density at radius 1 is 1.03 bits per heavy atom. The third-order valence-electron chi connectivity index (χ3n) is 5.80. The molecule has 0 unspecified atom stereocenters. The lowest BCUT2D eigenvalue weighted by Crippen LogP contribution is -2.40. The van der Waals surface area contributed by atoms with Crippen LogP contribution in [0.5, 0.6) is 0 Å². The summed E-state index contributed by atoms with van der Waals surface area (Å²) in [5, 5.41) is 3.44. The first-order valence-electron chi connectivity index (χ1n) is 11.5. The number of ether oxygens (including phenoxy) is 2. The van der Waals surface area contributed by atoms with Gasteiger partial charge >= 0.3 is 0 Å². The number of hydrogen-bond donors (Lipinski definition) is 1. The molecule has 1 fully saturated rings. The molecule has 1 saturated heterocycles. The second-order valence-electron chi connectivity index (χ2n) is 8.18. The van der Waals surface area contributed by atoms with Gasteiger partial charge in [-0.1, -0.05) is 54.6 Å². The molecular weight excluding hydrogens is 513 g/mol. The Balaban J connectivity index is 0.00000363. The van der Waals surface area contributed by atoms with Crippen molar-refractivity contribution in [2.45, 2.75) is 45.9 Å². The molecule has 6 heteroatoms. The van der Waals surface area contributed by atoms with Crippen LogP contribution in [0.3, 0.4) is 0 Å². The highest BCUT2D eigenvalue weighted by atomic mass is 127. The molecule has 2 aromatic rings. The van der Waals surface area contributed by atoms with Crippen LogP contribution < -0.4 is 5.32 Å². The Morgan fingerprint density at radius 2 is 1.72 bits per heavy atom. The van der Waals surface area contributed by atoms with Crippen LogP contribution in [0.1, 0.15) is 42.9 Å². The van der Waals surface area contributed by atoms with Gasteiger partial charge in [0.15, 0.2) is 5.96 Å². The van der Waals surface area contributed by atoms with E-state index in [1.54, 1.807) is 0 Å². The molecule has 0 spiro atoms. The Labute approximate surface area is 210 Å². The number of nitrogens with zero attached hydrogens (tertiary/aromatic N) is 2. The maximum atomic E-state index is 5.97. The van der Waals surface area contributed by atoms with Crippen molar-refractivity contribution in [2.24, 2.45) is 10.9 Å². The lowest BCUT2D eigenvalue weighted by Gasteiger charge is -2.27. The quantitative estimate of drug-likeness (QED) is 0.250. The van der Waals surface area contributed by atoms with E-state index in [2.05, 4.69) is 60.6 Å². The molecule has 0 atom stereocenters. The van der Waals surface area contributed by atoms with Crippen LogP contribution in [0, 0.1) is 5.92 Å². The van der Waals surface area contributed by atoms with E-state index in [1.165, 1.54) is 36.0 Å². The van der Waals surface area contributed by atoms with Gasteiger partial charge in [0.1, 0.15) is 0 Å². The average molecular weight is 552 g/mol. The van der Waals surface area contributed by atoms with Gasteiger partial charge in [-0.15, -0.1) is 24.0 Å². The highest BCUT2D eigenvalue weighted by Crippen LogP contribution is 2.18. The van der Waals surface area contributed by atoms with Crippen LogP contribution in [0.2, 0.25) is 0 Å². The van der Waals surface area contributed by atoms with Gasteiger partial charge in [0.2, 0.25) is 0 Å². The Morgan fingerprint density at radius 3 is 2.44 bits per heavy atom. The number of benzene rings is 2. The molecule has 3 rings (SSSR count). The lowest BCUT2D eigenvalue weighted by molar-refractivity contribution is 0.0625. The molecule has 176 valence electrons. The SMILES string of the molecule is CCNC(=NCc1ccccc1COCc1ccccc1)N(C)CCC1CCOCC1.I. The van der Waals surface area contributed by atoms with Gasteiger partial charge in [-0.3, -0.25) is 0 Å². The third kappa shape index (κ3) is 9.08. The van der Waals surface area contributed by atoms with E-state index >= 15 is 0 Å². The molecule has 1 aliphatic heterocycles. The summed E-state index contributed by atoms with van der Waals surface area (Å²) in [5.74, 6) is 1.73. The summed E-state index contributed by atoms with van der Waals surface area (Å²) in [6, 6.07) is 18.7. The van der Waals surface area contributed by atoms with Crippen molar-refractivity contribution in [3.05, 3.63) is 71.3 Å². The molecular formula is C26H38IN3O2. The maximum Gasteiger partial charge on any atom is 0.193 e. The highest BCUT2D eigenvalue weighted by molar-refractivity contribution is 14.0. The van der Waals surface area contributed by atoms with Crippen molar-refractivity contribution in [2.75, 3.05) is 33.4 Å². The predicted octanol–water partition coefficient (Wildman–Crippen LogP) is 5.24. The van der Waals surface area contributed by atoms with Crippen molar-refractivity contribution in [3.63, 3.8) is 0 Å². The van der Waals surface area contributed by atoms with E-state index in [9.17, 15) is 0 Å². The molecule has 2 aromatic carbocycles. The molecule has 1 aliphatic rings. The topological polar surface area (TPSA) is 46.1 Å². The number of hydrogen-bond acceptors (Lipinski definition) is 3. The van der Waals surface area contributed by atoms with Crippen LogP contribution in [-0.4, -0.2) is 44.2 Å². The summed E-state index contributed by atoms with van der Waals surface area (Å²) in [5.41, 5.74) is 3.60. The van der Waals surface area contributed by atoms with Crippen LogP contribution in [-0.2, 0) is 29.2 Å². The Bertz CT molecular complexity index is 795. The van der Waals surface area contributed by atoms with Gasteiger partial charge in [0.05, 0.1) is 19.8 Å². The molecule has 1 N–H and O–H groups in total. The van der Waals surface area contributed by atoms with Crippen LogP contribution in [0.25, 0.3) is 0 Å². The molecule has 0 saturated carbocycles. The van der Waals surface area contributed by atoms with Crippen LogP contribution in [0.4, 0.5) is 0 Å². The molecule has 0 aromatic heterocycles. The van der Waals surface area contributed by atoms with E-state index in [0.717, 1.165) is 38.2 Å². The van der Waals surface area contributed by atoms with Crippen molar-refractivity contribution in [3.8, 4) is 0 Å². The fraction of sp³-hybridized carbons (Fsp3) is 0.500. The molecule has 1 heterocycles. The fourth-order valence-electron chi connectivity index (χ4n) is 3.85. The number of aliphatic imine (C=N–C) groups is 1. The number of guanidine groups is 1. The summed E-state index contributed by atoms with van der Waals surface area (Å²) < 4.78 is 11.5. The smallest absolute Gasteiger partial charge is 0.193 e. The van der Waals surface area contributed by atoms with Gasteiger partial charge in [-0.2, -0.15) is 0 Å². The summed E-state index contributed by atoms with van der Waals surface area (Å²) in [7, 11) is 2.13. The molecule has 5 nitrogen and oxygen atoms in total. The first-order chi connectivity index (χ1) is 15.3. The standard InChI is InChI=1S/C26H37N3O2.HI/c1-3-27-26(29(2)16-13-22-14-17-30-18-15-22)28-19-24-11-7-8-12-25(24)21-31-20-23-9-5-4-6-10-23;/h4-12,22H,3,13-21H2,1-2H3,(H,27,28);1H. The van der Waals surface area contributed by atoms with Crippen LogP contribution in [0.15, 0.2) is 59.6 Å². The Hall–Kier alpha value is -1.64. The Kier molecular flexibility index (Phi) is 12.7. The first-order valence-corrected chi connectivity index (χ1v) is 11.5. The zero-order chi connectivity index (χ0) is 21.7. The van der Waals surface area contributed by atoms with Gasteiger partial charge in [-0.25, -0.2) is 4.99 Å². The summed E-state index contributed by atoms with van der Waals surface area (Å²) in [6.45, 7) is 7.67. The van der Waals surface area contributed by atoms with Gasteiger partial charge < -0.3 is 19.7 Å². The molecule has 32 heavy (non-hydrogen) atoms. The summed E-state index contributed by atoms with van der Waals surface area (Å²) >= 11 is 0. The van der Waals surface area contributed by atoms with E-state index < -0.39 is 0 Å². The summed E-state index contributed by atoms with van der Waals surface area (Å²) in [6.07, 6.45) is 3.55. The minimum Gasteiger partial charge on any atom is -0.381 e. The highest BCUT2D eigenvalue weighted by Gasteiger charge is 2.15. The predicted molar refractivity (Wildman–Crippen MR) is 142 cm³/mol. The minimum absolute atomic E-state index is 0. The minimum atomic E-state index is 0. The van der Waals surface area contributed by atoms with Gasteiger partial charge in [-0.05, 0) is 48.8 Å². The molecule has 0 amide bonds. The van der Waals surface area contributed by atoms with Crippen molar-refractivity contribution in [1.29, 1.82) is 0 Å². The van der Waals surface area contributed by atoms with E-state index in [4.69, 9.17) is 14.5 Å². The second kappa shape index (κ2) is 15.2. The summed E-state index contributed by atoms with van der Waals surface area (Å²) in [4.78, 5) is 7.18. The van der Waals surface area contributed by atoms with Crippen molar-refractivity contribution >= 4 is 29.9 Å². The van der Waals surface area contributed by atoms with E-state index in [0.29, 0.717) is 19.8 Å². The normalized spacial score (nSPS) is 14.6. The maximum absolute atomic E-state index is 5.97. The number of halogens is 1. The lowest BCUT2D eigenvalue weighted by atomic mass is 9.96. The first kappa shape index (κ1) is 26.6. The third-order valence-corrected chi connectivity index (χ3v) is 5.80. The number of rotatable bonds is 10. The largest absolute Gasteiger partial charge is 0.381 e. The van der Waals surface area contributed by atoms with Crippen LogP contribution >= 0.6 is 24.0 Å². The monoisotopic (exact) mass is 551 g/mol. The van der Waals surface area contributed by atoms with Gasteiger partial charge in [0, 0.05) is 33.4 Å². The van der Waals surface area contributed by atoms with Crippen molar-refractivity contribution < 1.29 is 9.47 Å². The second-order valence-corrected chi connectivity index (χ2v) is 8.18. The van der Waals surface area contributed by atoms with E-state index in [-0.39, 0.29) is 24.0 Å². The molecule has 0 bridgehead atoms. The number of nitrogens with one attached hydrogen (secondary N) is 1. The molecule has 0 radical (unpaired) electrons.